The summed E-state index contributed by atoms with van der Waals surface area (Å²) in [5.41, 5.74) is 9.68. The maximum Gasteiger partial charge on any atom is 0.228 e. The summed E-state index contributed by atoms with van der Waals surface area (Å²) in [6.07, 6.45) is 5.32. The number of hydrogen-bond donors (Lipinski definition) is 2. The molecule has 4 heteroatoms. The highest BCUT2D eigenvalue weighted by Gasteiger charge is 2.37. The lowest BCUT2D eigenvalue weighted by atomic mass is 9.65. The number of nitrogens with two attached hydrogens (primary N) is 1. The molecule has 1 aromatic carbocycles. The number of amides is 1. The molecule has 21 heavy (non-hydrogen) atoms. The van der Waals surface area contributed by atoms with E-state index in [4.69, 9.17) is 17.3 Å². The summed E-state index contributed by atoms with van der Waals surface area (Å²) in [4.78, 5) is 11.5. The molecular formula is C17H23ClN2O. The van der Waals surface area contributed by atoms with Crippen LogP contribution in [0.25, 0.3) is 0 Å². The van der Waals surface area contributed by atoms with Crippen molar-refractivity contribution in [1.82, 2.24) is 0 Å². The van der Waals surface area contributed by atoms with Gasteiger partial charge in [-0.2, -0.15) is 0 Å². The second-order valence-corrected chi connectivity index (χ2v) is 7.53. The summed E-state index contributed by atoms with van der Waals surface area (Å²) in [6.45, 7) is 4.62. The molecule has 2 unspecified atom stereocenters. The summed E-state index contributed by atoms with van der Waals surface area (Å²) in [5, 5.41) is 3.51. The van der Waals surface area contributed by atoms with Crippen LogP contribution in [0.3, 0.4) is 0 Å². The maximum absolute atomic E-state index is 11.5. The SMILES string of the molecule is CC1(C)CCCCC1C(N)c1cc2c(cc1Cl)NC(=O)C2. The Labute approximate surface area is 131 Å². The van der Waals surface area contributed by atoms with Crippen LogP contribution in [0.4, 0.5) is 5.69 Å². The number of carbonyl (C=O) groups excluding carboxylic acids is 1. The Morgan fingerprint density at radius 1 is 1.38 bits per heavy atom. The Balaban J connectivity index is 1.93. The molecule has 1 fully saturated rings. The van der Waals surface area contributed by atoms with Gasteiger partial charge < -0.3 is 11.1 Å². The molecular weight excluding hydrogens is 284 g/mol. The van der Waals surface area contributed by atoms with Crippen molar-refractivity contribution in [3.05, 3.63) is 28.3 Å². The minimum atomic E-state index is -0.0613. The molecule has 0 bridgehead atoms. The van der Waals surface area contributed by atoms with E-state index >= 15 is 0 Å². The van der Waals surface area contributed by atoms with E-state index in [-0.39, 0.29) is 17.4 Å². The Kier molecular flexibility index (Phi) is 3.74. The first-order valence-corrected chi connectivity index (χ1v) is 8.14. The van der Waals surface area contributed by atoms with Crippen LogP contribution in [0.1, 0.15) is 56.7 Å². The molecule has 3 rings (SSSR count). The number of benzene rings is 1. The highest BCUT2D eigenvalue weighted by molar-refractivity contribution is 6.32. The fourth-order valence-electron chi connectivity index (χ4n) is 3.93. The zero-order chi connectivity index (χ0) is 15.2. The van der Waals surface area contributed by atoms with Crippen LogP contribution in [0.15, 0.2) is 12.1 Å². The fourth-order valence-corrected chi connectivity index (χ4v) is 4.22. The van der Waals surface area contributed by atoms with Gasteiger partial charge in [-0.05, 0) is 41.4 Å². The Morgan fingerprint density at radius 2 is 2.14 bits per heavy atom. The summed E-state index contributed by atoms with van der Waals surface area (Å²) >= 11 is 6.43. The Hall–Kier alpha value is -1.06. The van der Waals surface area contributed by atoms with Crippen LogP contribution in [0.5, 0.6) is 0 Å². The molecule has 0 saturated heterocycles. The van der Waals surface area contributed by atoms with Crippen molar-refractivity contribution < 1.29 is 4.79 Å². The van der Waals surface area contributed by atoms with E-state index in [1.54, 1.807) is 0 Å². The average molecular weight is 307 g/mol. The van der Waals surface area contributed by atoms with Gasteiger partial charge in [0.1, 0.15) is 0 Å². The first-order valence-electron chi connectivity index (χ1n) is 7.76. The first-order chi connectivity index (χ1) is 9.88. The number of nitrogens with one attached hydrogen (secondary N) is 1. The van der Waals surface area contributed by atoms with Gasteiger partial charge in [-0.1, -0.05) is 44.4 Å². The molecule has 1 heterocycles. The van der Waals surface area contributed by atoms with Gasteiger partial charge >= 0.3 is 0 Å². The van der Waals surface area contributed by atoms with Gasteiger partial charge in [-0.15, -0.1) is 0 Å². The molecule has 1 aromatic rings. The minimum absolute atomic E-state index is 0.0322. The molecule has 2 atom stereocenters. The van der Waals surface area contributed by atoms with Gasteiger partial charge in [-0.3, -0.25) is 4.79 Å². The Morgan fingerprint density at radius 3 is 2.86 bits per heavy atom. The topological polar surface area (TPSA) is 55.1 Å². The predicted octanol–water partition coefficient (Wildman–Crippen LogP) is 4.05. The van der Waals surface area contributed by atoms with Crippen LogP contribution >= 0.6 is 11.6 Å². The molecule has 1 saturated carbocycles. The van der Waals surface area contributed by atoms with Gasteiger partial charge in [0.25, 0.3) is 0 Å². The number of anilines is 1. The molecule has 114 valence electrons. The van der Waals surface area contributed by atoms with E-state index in [9.17, 15) is 4.79 Å². The van der Waals surface area contributed by atoms with Crippen LogP contribution in [0.2, 0.25) is 5.02 Å². The third-order valence-electron chi connectivity index (χ3n) is 5.23. The van der Waals surface area contributed by atoms with Crippen molar-refractivity contribution in [2.45, 2.75) is 52.0 Å². The van der Waals surface area contributed by atoms with E-state index in [0.717, 1.165) is 23.2 Å². The third kappa shape index (κ3) is 2.69. The second-order valence-electron chi connectivity index (χ2n) is 7.12. The van der Waals surface area contributed by atoms with Crippen molar-refractivity contribution in [2.24, 2.45) is 17.1 Å². The molecule has 0 spiro atoms. The molecule has 2 aliphatic rings. The molecule has 1 aliphatic heterocycles. The number of fused-ring (bicyclic) bond motifs is 1. The van der Waals surface area contributed by atoms with Crippen molar-refractivity contribution in [3.63, 3.8) is 0 Å². The third-order valence-corrected chi connectivity index (χ3v) is 5.56. The lowest BCUT2D eigenvalue weighted by Crippen LogP contribution is -2.36. The minimum Gasteiger partial charge on any atom is -0.325 e. The molecule has 0 aromatic heterocycles. The molecule has 1 amide bonds. The monoisotopic (exact) mass is 306 g/mol. The smallest absolute Gasteiger partial charge is 0.228 e. The normalized spacial score (nSPS) is 25.3. The maximum atomic E-state index is 11.5. The highest BCUT2D eigenvalue weighted by atomic mass is 35.5. The van der Waals surface area contributed by atoms with E-state index in [2.05, 4.69) is 19.2 Å². The number of carbonyl (C=O) groups is 1. The van der Waals surface area contributed by atoms with Crippen LogP contribution in [-0.2, 0) is 11.2 Å². The van der Waals surface area contributed by atoms with Crippen LogP contribution < -0.4 is 11.1 Å². The van der Waals surface area contributed by atoms with Gasteiger partial charge in [-0.25, -0.2) is 0 Å². The van der Waals surface area contributed by atoms with Crippen molar-refractivity contribution in [3.8, 4) is 0 Å². The van der Waals surface area contributed by atoms with Crippen molar-refractivity contribution >= 4 is 23.2 Å². The number of hydrogen-bond acceptors (Lipinski definition) is 2. The van der Waals surface area contributed by atoms with Gasteiger partial charge in [0, 0.05) is 16.8 Å². The largest absolute Gasteiger partial charge is 0.325 e. The van der Waals surface area contributed by atoms with Gasteiger partial charge in [0.05, 0.1) is 6.42 Å². The molecule has 3 N–H and O–H groups in total. The summed E-state index contributed by atoms with van der Waals surface area (Å²) in [6, 6.07) is 3.83. The Bertz CT molecular complexity index is 582. The first kappa shape index (κ1) is 14.9. The average Bonchev–Trinajstić information content (AvgIpc) is 2.75. The standard InChI is InChI=1S/C17H23ClN2O/c1-17(2)6-4-3-5-12(17)16(19)11-7-10-8-15(21)20-14(10)9-13(11)18/h7,9,12,16H,3-6,8,19H2,1-2H3,(H,20,21). The van der Waals surface area contributed by atoms with Crippen molar-refractivity contribution in [1.29, 1.82) is 0 Å². The summed E-state index contributed by atoms with van der Waals surface area (Å²) < 4.78 is 0. The number of rotatable bonds is 2. The van der Waals surface area contributed by atoms with E-state index in [0.29, 0.717) is 17.4 Å². The lowest BCUT2D eigenvalue weighted by Gasteiger charge is -2.42. The zero-order valence-electron chi connectivity index (χ0n) is 12.7. The molecule has 1 aliphatic carbocycles. The predicted molar refractivity (Wildman–Crippen MR) is 86.5 cm³/mol. The zero-order valence-corrected chi connectivity index (χ0v) is 13.5. The molecule has 0 radical (unpaired) electrons. The van der Waals surface area contributed by atoms with E-state index in [1.165, 1.54) is 19.3 Å². The van der Waals surface area contributed by atoms with Gasteiger partial charge in [0.15, 0.2) is 0 Å². The summed E-state index contributed by atoms with van der Waals surface area (Å²) in [5.74, 6) is 0.469. The highest BCUT2D eigenvalue weighted by Crippen LogP contribution is 2.47. The van der Waals surface area contributed by atoms with Crippen molar-refractivity contribution in [2.75, 3.05) is 5.32 Å². The number of halogens is 1. The lowest BCUT2D eigenvalue weighted by molar-refractivity contribution is -0.115. The summed E-state index contributed by atoms with van der Waals surface area (Å²) in [7, 11) is 0. The van der Waals surface area contributed by atoms with Gasteiger partial charge in [0.2, 0.25) is 5.91 Å². The van der Waals surface area contributed by atoms with E-state index in [1.807, 2.05) is 12.1 Å². The second kappa shape index (κ2) is 5.29. The van der Waals surface area contributed by atoms with Crippen LogP contribution in [-0.4, -0.2) is 5.91 Å². The quantitative estimate of drug-likeness (QED) is 0.866. The van der Waals surface area contributed by atoms with E-state index < -0.39 is 0 Å². The van der Waals surface area contributed by atoms with Crippen LogP contribution in [0, 0.1) is 11.3 Å². The fraction of sp³-hybridized carbons (Fsp3) is 0.588. The molecule has 3 nitrogen and oxygen atoms in total.